The van der Waals surface area contributed by atoms with E-state index in [4.69, 9.17) is 4.74 Å². The Morgan fingerprint density at radius 2 is 2.24 bits per heavy atom. The number of anilines is 1. The second kappa shape index (κ2) is 5.86. The van der Waals surface area contributed by atoms with Crippen LogP contribution in [-0.2, 0) is 6.54 Å². The first-order valence-electron chi connectivity index (χ1n) is 5.26. The van der Waals surface area contributed by atoms with Crippen molar-refractivity contribution in [3.63, 3.8) is 0 Å². The molecule has 1 aromatic heterocycles. The lowest BCUT2D eigenvalue weighted by molar-refractivity contribution is 0.414. The molecule has 0 aliphatic heterocycles. The minimum absolute atomic E-state index is 0.765. The Morgan fingerprint density at radius 3 is 2.94 bits per heavy atom. The molecule has 4 heteroatoms. The fraction of sp³-hybridized carbons (Fsp3) is 0.154. The molecule has 0 fully saturated rings. The van der Waals surface area contributed by atoms with Crippen molar-refractivity contribution in [1.82, 2.24) is 4.98 Å². The molecule has 0 radical (unpaired) electrons. The number of pyridine rings is 1. The summed E-state index contributed by atoms with van der Waals surface area (Å²) < 4.78 is 6.44. The lowest BCUT2D eigenvalue weighted by Gasteiger charge is -2.09. The van der Waals surface area contributed by atoms with Crippen LogP contribution in [0.25, 0.3) is 0 Å². The van der Waals surface area contributed by atoms with Crippen molar-refractivity contribution in [2.75, 3.05) is 12.4 Å². The van der Waals surface area contributed by atoms with Gasteiger partial charge in [0.25, 0.3) is 0 Å². The zero-order valence-corrected chi connectivity index (χ0v) is 11.6. The number of ether oxygens (including phenoxy) is 1. The summed E-state index contributed by atoms with van der Waals surface area (Å²) in [7, 11) is 1.68. The zero-order valence-electron chi connectivity index (χ0n) is 9.48. The Balaban J connectivity index is 2.08. The largest absolute Gasteiger partial charge is 0.497 e. The smallest absolute Gasteiger partial charge is 0.119 e. The molecule has 1 aromatic carbocycles. The van der Waals surface area contributed by atoms with E-state index < -0.39 is 0 Å². The maximum Gasteiger partial charge on any atom is 0.119 e. The molecule has 17 heavy (non-hydrogen) atoms. The summed E-state index contributed by atoms with van der Waals surface area (Å²) in [6.45, 7) is 0.765. The fourth-order valence-electron chi connectivity index (χ4n) is 1.48. The number of aromatic nitrogens is 1. The number of nitrogens with one attached hydrogen (secondary N) is 1. The summed E-state index contributed by atoms with van der Waals surface area (Å²) in [4.78, 5) is 4.06. The van der Waals surface area contributed by atoms with E-state index in [0.29, 0.717) is 0 Å². The first kappa shape index (κ1) is 12.2. The van der Waals surface area contributed by atoms with Crippen molar-refractivity contribution >= 4 is 28.3 Å². The number of benzene rings is 1. The summed E-state index contributed by atoms with van der Waals surface area (Å²) in [6.07, 6.45) is 3.58. The Labute approximate surface area is 114 Å². The number of methoxy groups -OCH3 is 1. The predicted octanol–water partition coefficient (Wildman–Crippen LogP) is 3.31. The molecule has 2 rings (SSSR count). The third-order valence-corrected chi connectivity index (χ3v) is 3.45. The Morgan fingerprint density at radius 1 is 1.35 bits per heavy atom. The van der Waals surface area contributed by atoms with Crippen molar-refractivity contribution in [3.8, 4) is 5.75 Å². The van der Waals surface area contributed by atoms with Gasteiger partial charge >= 0.3 is 0 Å². The number of nitrogens with zero attached hydrogens (tertiary/aromatic N) is 1. The van der Waals surface area contributed by atoms with E-state index in [1.807, 2.05) is 30.5 Å². The van der Waals surface area contributed by atoms with Crippen molar-refractivity contribution in [2.45, 2.75) is 6.54 Å². The van der Waals surface area contributed by atoms with Crippen LogP contribution in [0.1, 0.15) is 5.56 Å². The quantitative estimate of drug-likeness (QED) is 0.868. The summed E-state index contributed by atoms with van der Waals surface area (Å²) in [6, 6.07) is 9.99. The summed E-state index contributed by atoms with van der Waals surface area (Å²) >= 11 is 2.32. The molecule has 1 heterocycles. The van der Waals surface area contributed by atoms with Gasteiger partial charge in [-0.1, -0.05) is 0 Å². The van der Waals surface area contributed by atoms with Gasteiger partial charge in [-0.05, 0) is 58.5 Å². The molecule has 3 nitrogen and oxygen atoms in total. The molecule has 0 amide bonds. The molecule has 0 unspecified atom stereocenters. The number of rotatable bonds is 4. The zero-order chi connectivity index (χ0) is 12.1. The Hall–Kier alpha value is -1.30. The highest BCUT2D eigenvalue weighted by Crippen LogP contribution is 2.20. The lowest BCUT2D eigenvalue weighted by Crippen LogP contribution is -2.01. The van der Waals surface area contributed by atoms with Crippen molar-refractivity contribution < 1.29 is 4.74 Å². The third-order valence-electron chi connectivity index (χ3n) is 2.40. The maximum atomic E-state index is 5.22. The van der Waals surface area contributed by atoms with E-state index >= 15 is 0 Å². The van der Waals surface area contributed by atoms with Crippen LogP contribution in [0.5, 0.6) is 5.75 Å². The molecule has 0 aliphatic rings. The van der Waals surface area contributed by atoms with E-state index in [9.17, 15) is 0 Å². The normalized spacial score (nSPS) is 10.0. The lowest BCUT2D eigenvalue weighted by atomic mass is 10.2. The second-order valence-corrected chi connectivity index (χ2v) is 4.71. The van der Waals surface area contributed by atoms with Gasteiger partial charge in [-0.25, -0.2) is 0 Å². The van der Waals surface area contributed by atoms with Gasteiger partial charge in [0.05, 0.1) is 12.8 Å². The molecule has 1 N–H and O–H groups in total. The van der Waals surface area contributed by atoms with Crippen molar-refractivity contribution in [2.24, 2.45) is 0 Å². The highest BCUT2D eigenvalue weighted by molar-refractivity contribution is 14.1. The topological polar surface area (TPSA) is 34.1 Å². The average molecular weight is 340 g/mol. The number of halogens is 1. The van der Waals surface area contributed by atoms with E-state index in [-0.39, 0.29) is 0 Å². The molecular formula is C13H13IN2O. The first-order valence-corrected chi connectivity index (χ1v) is 6.34. The van der Waals surface area contributed by atoms with Crippen LogP contribution >= 0.6 is 22.6 Å². The van der Waals surface area contributed by atoms with Gasteiger partial charge < -0.3 is 10.1 Å². The molecule has 0 aliphatic carbocycles. The van der Waals surface area contributed by atoms with E-state index in [1.54, 1.807) is 13.3 Å². The fourth-order valence-corrected chi connectivity index (χ4v) is 2.00. The van der Waals surface area contributed by atoms with Gasteiger partial charge in [-0.2, -0.15) is 0 Å². The van der Waals surface area contributed by atoms with E-state index in [1.165, 1.54) is 9.13 Å². The SMILES string of the molecule is COc1ccc(I)c(CNc2cccnc2)c1. The highest BCUT2D eigenvalue weighted by atomic mass is 127. The standard InChI is InChI=1S/C13H13IN2O/c1-17-12-4-5-13(14)10(7-12)8-16-11-3-2-6-15-9-11/h2-7,9,16H,8H2,1H3. The molecule has 2 aromatic rings. The molecule has 0 spiro atoms. The van der Waals surface area contributed by atoms with Gasteiger partial charge in [-0.15, -0.1) is 0 Å². The third kappa shape index (κ3) is 3.33. The van der Waals surface area contributed by atoms with Gasteiger partial charge in [0.2, 0.25) is 0 Å². The summed E-state index contributed by atoms with van der Waals surface area (Å²) in [5.74, 6) is 0.883. The molecule has 0 atom stereocenters. The molecule has 0 bridgehead atoms. The number of hydrogen-bond donors (Lipinski definition) is 1. The Bertz CT molecular complexity index is 488. The second-order valence-electron chi connectivity index (χ2n) is 3.55. The molecular weight excluding hydrogens is 327 g/mol. The minimum atomic E-state index is 0.765. The highest BCUT2D eigenvalue weighted by Gasteiger charge is 2.02. The van der Waals surface area contributed by atoms with E-state index in [0.717, 1.165) is 18.0 Å². The van der Waals surface area contributed by atoms with Gasteiger partial charge in [0.1, 0.15) is 5.75 Å². The summed E-state index contributed by atoms with van der Waals surface area (Å²) in [5, 5.41) is 3.33. The number of hydrogen-bond acceptors (Lipinski definition) is 3. The monoisotopic (exact) mass is 340 g/mol. The maximum absolute atomic E-state index is 5.22. The van der Waals surface area contributed by atoms with E-state index in [2.05, 4.69) is 39.0 Å². The van der Waals surface area contributed by atoms with Crippen molar-refractivity contribution in [3.05, 3.63) is 51.9 Å². The molecule has 0 saturated heterocycles. The van der Waals surface area contributed by atoms with Crippen LogP contribution < -0.4 is 10.1 Å². The first-order chi connectivity index (χ1) is 8.29. The van der Waals surface area contributed by atoms with Crippen LogP contribution in [0.2, 0.25) is 0 Å². The van der Waals surface area contributed by atoms with Crippen LogP contribution in [0.4, 0.5) is 5.69 Å². The summed E-state index contributed by atoms with van der Waals surface area (Å²) in [5.41, 5.74) is 2.24. The van der Waals surface area contributed by atoms with Crippen LogP contribution in [0, 0.1) is 3.57 Å². The van der Waals surface area contributed by atoms with Crippen LogP contribution in [-0.4, -0.2) is 12.1 Å². The van der Waals surface area contributed by atoms with Crippen LogP contribution in [0.15, 0.2) is 42.7 Å². The average Bonchev–Trinajstić information content (AvgIpc) is 2.39. The molecule has 88 valence electrons. The van der Waals surface area contributed by atoms with Gasteiger partial charge in [-0.3, -0.25) is 4.98 Å². The van der Waals surface area contributed by atoms with Gasteiger partial charge in [0.15, 0.2) is 0 Å². The van der Waals surface area contributed by atoms with Crippen LogP contribution in [0.3, 0.4) is 0 Å². The predicted molar refractivity (Wildman–Crippen MR) is 77.3 cm³/mol. The van der Waals surface area contributed by atoms with Crippen molar-refractivity contribution in [1.29, 1.82) is 0 Å². The molecule has 0 saturated carbocycles. The minimum Gasteiger partial charge on any atom is -0.497 e. The Kier molecular flexibility index (Phi) is 4.19. The van der Waals surface area contributed by atoms with Gasteiger partial charge in [0, 0.05) is 22.5 Å².